The van der Waals surface area contributed by atoms with Gasteiger partial charge in [0.15, 0.2) is 52.9 Å². The average molecular weight is 2050 g/mol. The molecule has 0 saturated heterocycles. The molecule has 18 aliphatic rings. The fraction of sp³-hybridized carbons (Fsp3) is 0.483. The van der Waals surface area contributed by atoms with Crippen molar-refractivity contribution >= 4 is 47.8 Å². The van der Waals surface area contributed by atoms with E-state index in [1.54, 1.807) is 48.5 Å². The van der Waals surface area contributed by atoms with Crippen molar-refractivity contribution in [3.05, 3.63) is 235 Å². The molecule has 0 aromatic heterocycles. The molecule has 786 valence electrons. The van der Waals surface area contributed by atoms with E-state index in [1.165, 1.54) is 79.6 Å². The number of aromatic hydroxyl groups is 10. The molecule has 16 fully saturated rings. The second-order valence-electron chi connectivity index (χ2n) is 46.6. The number of phenolic OH excluding ortho intramolecular Hbond substituents is 10. The highest BCUT2D eigenvalue weighted by Crippen LogP contribution is 2.66. The summed E-state index contributed by atoms with van der Waals surface area (Å²) in [5, 5.41) is 128. The van der Waals surface area contributed by atoms with Crippen LogP contribution in [0, 0.1) is 94.7 Å². The van der Waals surface area contributed by atoms with Crippen molar-refractivity contribution in [1.82, 2.24) is 0 Å². The van der Waals surface area contributed by atoms with E-state index in [-0.39, 0.29) is 161 Å². The first-order valence-electron chi connectivity index (χ1n) is 53.2. The number of ether oxygens (including phenoxy) is 12. The first-order valence-corrected chi connectivity index (χ1v) is 53.2. The Morgan fingerprint density at radius 3 is 0.607 bits per heavy atom. The molecule has 0 aliphatic heterocycles. The van der Waals surface area contributed by atoms with Gasteiger partial charge in [-0.3, -0.25) is 0 Å². The lowest BCUT2D eigenvalue weighted by molar-refractivity contribution is -0.207. The third-order valence-corrected chi connectivity index (χ3v) is 37.6. The lowest BCUT2D eigenvalue weighted by atomic mass is 9.50. The fourth-order valence-electron chi connectivity index (χ4n) is 31.0. The van der Waals surface area contributed by atoms with Crippen LogP contribution < -0.4 is 18.9 Å². The van der Waals surface area contributed by atoms with Gasteiger partial charge in [-0.2, -0.15) is 0 Å². The number of carbonyl (C=O) groups excluding carboxylic acids is 8. The molecule has 4 atom stereocenters. The van der Waals surface area contributed by atoms with Crippen molar-refractivity contribution in [3.8, 4) is 80.5 Å². The van der Waals surface area contributed by atoms with E-state index in [2.05, 4.69) is 0 Å². The Morgan fingerprint density at radius 1 is 0.213 bits per heavy atom. The number of esters is 8. The van der Waals surface area contributed by atoms with E-state index in [1.807, 2.05) is 27.7 Å². The van der Waals surface area contributed by atoms with Crippen LogP contribution in [0.1, 0.15) is 269 Å². The van der Waals surface area contributed by atoms with E-state index in [9.17, 15) is 89.4 Å². The summed E-state index contributed by atoms with van der Waals surface area (Å²) in [5.41, 5.74) is -2.54. The molecular weight excluding hydrogens is 1920 g/mol. The van der Waals surface area contributed by atoms with Gasteiger partial charge in [-0.1, -0.05) is 60.7 Å². The van der Waals surface area contributed by atoms with Gasteiger partial charge in [-0.05, 0) is 340 Å². The van der Waals surface area contributed by atoms with Crippen LogP contribution in [0.25, 0.3) is 0 Å². The first-order chi connectivity index (χ1) is 71.9. The van der Waals surface area contributed by atoms with Crippen LogP contribution in [0.2, 0.25) is 0 Å². The molecule has 30 nitrogen and oxygen atoms in total. The molecule has 9 aromatic carbocycles. The van der Waals surface area contributed by atoms with Crippen molar-refractivity contribution < 1.29 is 146 Å². The van der Waals surface area contributed by atoms with Gasteiger partial charge in [0, 0.05) is 121 Å². The van der Waals surface area contributed by atoms with Crippen LogP contribution in [-0.4, -0.2) is 174 Å². The Labute approximate surface area is 866 Å². The number of rotatable bonds is 26. The second-order valence-corrected chi connectivity index (χ2v) is 46.6. The minimum absolute atomic E-state index is 0.0142. The summed E-state index contributed by atoms with van der Waals surface area (Å²) in [6.45, 7) is 1.25. The number of hydrogen-bond acceptors (Lipinski definition) is 30. The van der Waals surface area contributed by atoms with Crippen LogP contribution in [0.15, 0.2) is 146 Å². The normalized spacial score (nSPS) is 30.5. The van der Waals surface area contributed by atoms with Gasteiger partial charge in [0.25, 0.3) is 0 Å². The zero-order valence-electron chi connectivity index (χ0n) is 84.3. The van der Waals surface area contributed by atoms with Crippen LogP contribution >= 0.6 is 0 Å². The molecule has 27 rings (SSSR count). The van der Waals surface area contributed by atoms with E-state index >= 15 is 0 Å². The topological polar surface area (TPSA) is 450 Å². The number of benzene rings is 9. The standard InChI is InChI=1S/C120H126O30/c1-117(71-23-63-19-64(25-71)26-72(117)24-63)147-109(135)55-143-105(131)51-139-101-13-5-59-17-61-7-15-103(141-53-107(133)145-57-111(137)149-119(3)75-31-67-21-68(33-75)34-76(119)32-67)91(41-61)116-86-46-84(96(126)49-98(86)128)114(82-12-10-80(122)44-94(82)124)90-40-60(6-14-102(90)140-52-106(132)144-56-110(136)148-118(2)73-27-65-20-66(29-73)30-74(118)28-65)18-62-8-16-104(142-54-108(134)146-58-112(138)150-120(4)77-35-69-22-70(37-77)38-78(120)36-69)92(42-62)115(87-47-88(116)100(130)50-99(87)129)85-45-83(95(125)48-97(85)127)113(89(101)39-59)81-11-9-79(121)43-93(81)123/h5-16,39-50,63-78,113-116,121-130H,17-38,51-58H2,1-4H3. The number of carbonyl (C=O) groups is 8. The van der Waals surface area contributed by atoms with Gasteiger partial charge in [-0.25, -0.2) is 38.4 Å². The monoisotopic (exact) mass is 2050 g/mol. The van der Waals surface area contributed by atoms with E-state index < -0.39 is 193 Å². The molecule has 4 unspecified atom stereocenters. The van der Waals surface area contributed by atoms with Crippen molar-refractivity contribution in [1.29, 1.82) is 0 Å². The highest BCUT2D eigenvalue weighted by Gasteiger charge is 2.62. The third-order valence-electron chi connectivity index (χ3n) is 37.6. The fourth-order valence-corrected chi connectivity index (χ4v) is 31.0. The molecule has 32 bridgehead atoms. The average Bonchev–Trinajstić information content (AvgIpc) is 0.736. The largest absolute Gasteiger partial charge is 0.508 e. The summed E-state index contributed by atoms with van der Waals surface area (Å²) >= 11 is 0. The second kappa shape index (κ2) is 38.8. The Bertz CT molecular complexity index is 6410. The molecule has 10 N–H and O–H groups in total. The maximum atomic E-state index is 14.7. The summed E-state index contributed by atoms with van der Waals surface area (Å²) < 4.78 is 74.7. The highest BCUT2D eigenvalue weighted by molar-refractivity contribution is 5.81. The number of fused-ring (bicyclic) bond motifs is 16. The summed E-state index contributed by atoms with van der Waals surface area (Å²) in [6, 6.07) is 33.8. The third kappa shape index (κ3) is 18.7. The SMILES string of the molecule is CC1(OC(=O)COC(=O)COc2ccc3cc2C(c2ccc(O)cc2O)c2cc(c(O)cc2O)C2c4cc(c(O)cc4O)C(c4cc(c(O)cc4O)C(c4ccc(O)cc4O)c4cc(ccc4OCC(=O)OCC(=O)OC4(C)C5CC6CC(C5)CC4C6)Cc4ccc(OCC(=O)OCC(=O)OC5(C)C6CC7CC(C6)CC5C7)c2c4)c2cc(ccc2OCC(=O)OCC(=O)OC2(C)C4CC5CC(C4)CC2C5)C3)C2CC3CC(C2)CC1C3. The van der Waals surface area contributed by atoms with E-state index in [0.29, 0.717) is 69.6 Å². The Balaban J connectivity index is 0.679. The Morgan fingerprint density at radius 2 is 0.407 bits per heavy atom. The zero-order valence-corrected chi connectivity index (χ0v) is 84.3. The van der Waals surface area contributed by atoms with E-state index in [4.69, 9.17) is 56.8 Å². The quantitative estimate of drug-likeness (QED) is 0.0178. The molecule has 9 aromatic rings. The van der Waals surface area contributed by atoms with Crippen molar-refractivity contribution in [3.63, 3.8) is 0 Å². The van der Waals surface area contributed by atoms with Crippen LogP contribution in [0.4, 0.5) is 0 Å². The first kappa shape index (κ1) is 99.2. The van der Waals surface area contributed by atoms with Crippen molar-refractivity contribution in [2.45, 2.75) is 215 Å². The van der Waals surface area contributed by atoms with Gasteiger partial charge in [-0.15, -0.1) is 0 Å². The van der Waals surface area contributed by atoms with Crippen LogP contribution in [-0.2, 0) is 89.1 Å². The maximum Gasteiger partial charge on any atom is 0.344 e. The van der Waals surface area contributed by atoms with E-state index in [0.717, 1.165) is 146 Å². The maximum absolute atomic E-state index is 14.7. The van der Waals surface area contributed by atoms with Gasteiger partial charge in [0.2, 0.25) is 0 Å². The van der Waals surface area contributed by atoms with Crippen molar-refractivity contribution in [2.24, 2.45) is 94.7 Å². The molecule has 0 amide bonds. The smallest absolute Gasteiger partial charge is 0.344 e. The molecule has 0 radical (unpaired) electrons. The number of hydrogen-bond donors (Lipinski definition) is 10. The predicted octanol–water partition coefficient (Wildman–Crippen LogP) is 18.0. The summed E-state index contributed by atoms with van der Waals surface area (Å²) in [5.74, 6) is -14.5. The minimum Gasteiger partial charge on any atom is -0.508 e. The van der Waals surface area contributed by atoms with Crippen LogP contribution in [0.5, 0.6) is 80.5 Å². The van der Waals surface area contributed by atoms with Crippen molar-refractivity contribution in [2.75, 3.05) is 52.9 Å². The minimum atomic E-state index is -1.75. The molecule has 0 spiro atoms. The molecule has 16 saturated carbocycles. The summed E-state index contributed by atoms with van der Waals surface area (Å²) in [6.07, 6.45) is 19.3. The van der Waals surface area contributed by atoms with Gasteiger partial charge >= 0.3 is 47.8 Å². The molecule has 18 aliphatic carbocycles. The predicted molar refractivity (Wildman–Crippen MR) is 536 cm³/mol. The van der Waals surface area contributed by atoms with Gasteiger partial charge < -0.3 is 108 Å². The molecule has 0 heterocycles. The lowest BCUT2D eigenvalue weighted by Crippen LogP contribution is -2.58. The zero-order chi connectivity index (χ0) is 104. The highest BCUT2D eigenvalue weighted by atomic mass is 16.6. The van der Waals surface area contributed by atoms with Crippen LogP contribution in [0.3, 0.4) is 0 Å². The van der Waals surface area contributed by atoms with Gasteiger partial charge in [0.1, 0.15) is 103 Å². The summed E-state index contributed by atoms with van der Waals surface area (Å²) in [7, 11) is 0. The molecule has 150 heavy (non-hydrogen) atoms. The molecule has 30 heteroatoms. The Hall–Kier alpha value is -14.1. The number of phenols is 10. The summed E-state index contributed by atoms with van der Waals surface area (Å²) in [4.78, 5) is 114. The van der Waals surface area contributed by atoms with Gasteiger partial charge in [0.05, 0.1) is 0 Å². The lowest BCUT2D eigenvalue weighted by Gasteiger charge is -2.59. The Kier molecular flexibility index (Phi) is 25.6. The molecular formula is C120H126O30.